The Morgan fingerprint density at radius 1 is 1.12 bits per heavy atom. The summed E-state index contributed by atoms with van der Waals surface area (Å²) < 4.78 is 12.5. The fourth-order valence-electron chi connectivity index (χ4n) is 4.32. The number of anilines is 1. The molecule has 0 spiro atoms. The van der Waals surface area contributed by atoms with Crippen LogP contribution in [0.25, 0.3) is 5.95 Å². The molecule has 1 aromatic carbocycles. The number of carbonyl (C=O) groups excluding carboxylic acids is 1. The van der Waals surface area contributed by atoms with Crippen molar-refractivity contribution in [3.8, 4) is 17.4 Å². The lowest BCUT2D eigenvalue weighted by molar-refractivity contribution is -0.122. The van der Waals surface area contributed by atoms with E-state index in [0.717, 1.165) is 49.3 Å². The van der Waals surface area contributed by atoms with Gasteiger partial charge in [-0.05, 0) is 43.9 Å². The van der Waals surface area contributed by atoms with Crippen LogP contribution in [0.3, 0.4) is 0 Å². The first kappa shape index (κ1) is 23.5. The van der Waals surface area contributed by atoms with Crippen molar-refractivity contribution in [1.82, 2.24) is 24.8 Å². The van der Waals surface area contributed by atoms with Crippen molar-refractivity contribution in [2.75, 3.05) is 32.2 Å². The first-order chi connectivity index (χ1) is 16.6. The van der Waals surface area contributed by atoms with E-state index >= 15 is 0 Å². The molecule has 34 heavy (non-hydrogen) atoms. The molecule has 0 radical (unpaired) electrons. The summed E-state index contributed by atoms with van der Waals surface area (Å²) in [5.41, 5.74) is 1.93. The summed E-state index contributed by atoms with van der Waals surface area (Å²) in [6.07, 6.45) is 9.85. The van der Waals surface area contributed by atoms with Gasteiger partial charge in [-0.25, -0.2) is 9.97 Å². The number of nitrogens with one attached hydrogen (secondary N) is 1. The summed E-state index contributed by atoms with van der Waals surface area (Å²) in [5, 5.41) is 3.14. The van der Waals surface area contributed by atoms with Crippen molar-refractivity contribution in [3.63, 3.8) is 0 Å². The van der Waals surface area contributed by atoms with Gasteiger partial charge in [-0.15, -0.1) is 0 Å². The van der Waals surface area contributed by atoms with Gasteiger partial charge in [0, 0.05) is 37.2 Å². The second-order valence-electron chi connectivity index (χ2n) is 8.43. The summed E-state index contributed by atoms with van der Waals surface area (Å²) in [7, 11) is 3.24. The minimum atomic E-state index is -0.266. The van der Waals surface area contributed by atoms with Gasteiger partial charge in [0.2, 0.25) is 11.9 Å². The van der Waals surface area contributed by atoms with Crippen LogP contribution in [-0.4, -0.2) is 58.8 Å². The van der Waals surface area contributed by atoms with Crippen LogP contribution in [0.15, 0.2) is 43.0 Å². The molecular formula is C25H32N6O3. The lowest BCUT2D eigenvalue weighted by atomic mass is 10.1. The van der Waals surface area contributed by atoms with E-state index in [1.807, 2.05) is 37.4 Å². The lowest BCUT2D eigenvalue weighted by Gasteiger charge is -2.30. The largest absolute Gasteiger partial charge is 0.493 e. The Hall–Kier alpha value is -3.62. The topological polar surface area (TPSA) is 94.4 Å². The van der Waals surface area contributed by atoms with Gasteiger partial charge in [0.05, 0.1) is 14.2 Å². The molecule has 1 aliphatic heterocycles. The number of carbonyl (C=O) groups is 1. The molecule has 1 N–H and O–H groups in total. The molecule has 1 aliphatic rings. The Bertz CT molecular complexity index is 1100. The maximum Gasteiger partial charge on any atom is 0.242 e. The fraction of sp³-hybridized carbons (Fsp3) is 0.440. The zero-order valence-corrected chi connectivity index (χ0v) is 20.0. The first-order valence-corrected chi connectivity index (χ1v) is 11.7. The van der Waals surface area contributed by atoms with Gasteiger partial charge in [-0.3, -0.25) is 9.36 Å². The number of rotatable bonds is 8. The number of methoxy groups -OCH3 is 2. The molecule has 4 rings (SSSR count). The number of hydrogen-bond donors (Lipinski definition) is 1. The van der Waals surface area contributed by atoms with E-state index in [4.69, 9.17) is 14.5 Å². The van der Waals surface area contributed by atoms with Crippen LogP contribution < -0.4 is 19.7 Å². The number of ether oxygens (including phenoxy) is 2. The highest BCUT2D eigenvalue weighted by molar-refractivity contribution is 5.85. The highest BCUT2D eigenvalue weighted by Crippen LogP contribution is 2.28. The van der Waals surface area contributed by atoms with Gasteiger partial charge in [0.1, 0.15) is 18.2 Å². The molecule has 1 saturated heterocycles. The number of imidazole rings is 1. The van der Waals surface area contributed by atoms with Gasteiger partial charge in [0.25, 0.3) is 0 Å². The van der Waals surface area contributed by atoms with Crippen molar-refractivity contribution in [1.29, 1.82) is 0 Å². The molecule has 9 nitrogen and oxygen atoms in total. The van der Waals surface area contributed by atoms with E-state index in [1.54, 1.807) is 31.3 Å². The molecule has 3 heterocycles. The van der Waals surface area contributed by atoms with Crippen LogP contribution in [0.1, 0.15) is 36.9 Å². The third-order valence-corrected chi connectivity index (χ3v) is 6.07. The standard InChI is InChI=1S/C25H32N6O3/c1-18-15-23(29-25(28-18)30-14-12-26-17-30)31-13-6-4-5-7-20(31)24(32)27-11-10-19-8-9-21(33-2)22(16-19)34-3/h8-9,12,14-17,20H,4-7,10-11,13H2,1-3H3,(H,27,32). The normalized spacial score (nSPS) is 16.1. The van der Waals surface area contributed by atoms with E-state index < -0.39 is 0 Å². The van der Waals surface area contributed by atoms with E-state index in [0.29, 0.717) is 30.4 Å². The van der Waals surface area contributed by atoms with Crippen molar-refractivity contribution in [2.45, 2.75) is 45.1 Å². The van der Waals surface area contributed by atoms with Crippen molar-refractivity contribution in [3.05, 3.63) is 54.2 Å². The van der Waals surface area contributed by atoms with Crippen LogP contribution >= 0.6 is 0 Å². The number of aryl methyl sites for hydroxylation is 1. The van der Waals surface area contributed by atoms with Crippen molar-refractivity contribution < 1.29 is 14.3 Å². The summed E-state index contributed by atoms with van der Waals surface area (Å²) in [6.45, 7) is 3.27. The van der Waals surface area contributed by atoms with Crippen LogP contribution in [0.5, 0.6) is 11.5 Å². The second-order valence-corrected chi connectivity index (χ2v) is 8.43. The maximum absolute atomic E-state index is 13.3. The average molecular weight is 465 g/mol. The molecule has 180 valence electrons. The molecule has 1 unspecified atom stereocenters. The van der Waals surface area contributed by atoms with Crippen LogP contribution in [0.4, 0.5) is 5.82 Å². The van der Waals surface area contributed by atoms with Gasteiger partial charge in [-0.1, -0.05) is 18.9 Å². The summed E-state index contributed by atoms with van der Waals surface area (Å²) in [5.74, 6) is 2.75. The Morgan fingerprint density at radius 2 is 1.97 bits per heavy atom. The number of hydrogen-bond acceptors (Lipinski definition) is 7. The quantitative estimate of drug-likeness (QED) is 0.547. The smallest absolute Gasteiger partial charge is 0.242 e. The highest BCUT2D eigenvalue weighted by atomic mass is 16.5. The zero-order chi connectivity index (χ0) is 23.9. The average Bonchev–Trinajstić information content (AvgIpc) is 3.28. The van der Waals surface area contributed by atoms with Gasteiger partial charge in [0.15, 0.2) is 11.5 Å². The third kappa shape index (κ3) is 5.47. The molecular weight excluding hydrogens is 432 g/mol. The van der Waals surface area contributed by atoms with E-state index in [1.165, 1.54) is 0 Å². The third-order valence-electron chi connectivity index (χ3n) is 6.07. The van der Waals surface area contributed by atoms with E-state index in [9.17, 15) is 4.79 Å². The lowest BCUT2D eigenvalue weighted by Crippen LogP contribution is -2.47. The van der Waals surface area contributed by atoms with E-state index in [2.05, 4.69) is 20.2 Å². The van der Waals surface area contributed by atoms with Crippen LogP contribution in [-0.2, 0) is 11.2 Å². The van der Waals surface area contributed by atoms with Crippen LogP contribution in [0.2, 0.25) is 0 Å². The Kier molecular flexibility index (Phi) is 7.61. The second kappa shape index (κ2) is 11.0. The predicted molar refractivity (Wildman–Crippen MR) is 130 cm³/mol. The van der Waals surface area contributed by atoms with E-state index in [-0.39, 0.29) is 11.9 Å². The fourth-order valence-corrected chi connectivity index (χ4v) is 4.32. The molecule has 3 aromatic rings. The maximum atomic E-state index is 13.3. The summed E-state index contributed by atoms with van der Waals surface area (Å²) in [4.78, 5) is 28.8. The molecule has 2 aromatic heterocycles. The number of aromatic nitrogens is 4. The molecule has 0 saturated carbocycles. The molecule has 1 atom stereocenters. The van der Waals surface area contributed by atoms with Crippen molar-refractivity contribution >= 4 is 11.7 Å². The summed E-state index contributed by atoms with van der Waals surface area (Å²) >= 11 is 0. The molecule has 9 heteroatoms. The number of amides is 1. The Morgan fingerprint density at radius 3 is 2.74 bits per heavy atom. The van der Waals surface area contributed by atoms with Crippen molar-refractivity contribution in [2.24, 2.45) is 0 Å². The van der Waals surface area contributed by atoms with Gasteiger partial charge in [-0.2, -0.15) is 4.98 Å². The molecule has 1 fully saturated rings. The Balaban J connectivity index is 1.47. The minimum Gasteiger partial charge on any atom is -0.493 e. The van der Waals surface area contributed by atoms with Gasteiger partial charge >= 0.3 is 0 Å². The minimum absolute atomic E-state index is 0.0304. The molecule has 0 bridgehead atoms. The number of nitrogens with zero attached hydrogens (tertiary/aromatic N) is 5. The highest BCUT2D eigenvalue weighted by Gasteiger charge is 2.29. The van der Waals surface area contributed by atoms with Crippen LogP contribution in [0, 0.1) is 6.92 Å². The zero-order valence-electron chi connectivity index (χ0n) is 20.0. The first-order valence-electron chi connectivity index (χ1n) is 11.7. The monoisotopic (exact) mass is 464 g/mol. The van der Waals surface area contributed by atoms with Gasteiger partial charge < -0.3 is 19.7 Å². The predicted octanol–water partition coefficient (Wildman–Crippen LogP) is 3.10. The molecule has 0 aliphatic carbocycles. The molecule has 1 amide bonds. The summed E-state index contributed by atoms with van der Waals surface area (Å²) in [6, 6.07) is 7.52. The Labute approximate surface area is 200 Å². The number of benzene rings is 1. The SMILES string of the molecule is COc1ccc(CCNC(=O)C2CCCCCN2c2cc(C)nc(-n3ccnc3)n2)cc1OC.